The Balaban J connectivity index is 1.77. The number of nitrogens with zero attached hydrogens (tertiary/aromatic N) is 3. The molecule has 0 aliphatic carbocycles. The number of aromatic nitrogens is 2. The van der Waals surface area contributed by atoms with E-state index in [1.807, 2.05) is 6.07 Å². The maximum Gasteiger partial charge on any atom is 0.269 e. The second-order valence-electron chi connectivity index (χ2n) is 6.40. The number of para-hydroxylation sites is 1. The predicted molar refractivity (Wildman–Crippen MR) is 115 cm³/mol. The summed E-state index contributed by atoms with van der Waals surface area (Å²) in [7, 11) is 0. The van der Waals surface area contributed by atoms with Crippen molar-refractivity contribution in [3.63, 3.8) is 0 Å². The van der Waals surface area contributed by atoms with E-state index in [4.69, 9.17) is 0 Å². The van der Waals surface area contributed by atoms with Crippen LogP contribution in [0.25, 0.3) is 16.6 Å². The van der Waals surface area contributed by atoms with Crippen LogP contribution in [0.2, 0.25) is 0 Å². The molecule has 0 spiro atoms. The Hall–Kier alpha value is -3.78. The van der Waals surface area contributed by atoms with Crippen molar-refractivity contribution in [2.24, 2.45) is 0 Å². The smallest absolute Gasteiger partial charge is 0.269 e. The van der Waals surface area contributed by atoms with Crippen LogP contribution in [-0.2, 0) is 0 Å². The number of fused-ring (bicyclic) bond motifs is 1. The molecule has 1 aromatic heterocycles. The van der Waals surface area contributed by atoms with Crippen molar-refractivity contribution < 1.29 is 9.72 Å². The monoisotopic (exact) mass is 417 g/mol. The summed E-state index contributed by atoms with van der Waals surface area (Å²) in [4.78, 5) is 40.7. The molecule has 4 rings (SSSR count). The second-order valence-corrected chi connectivity index (χ2v) is 7.35. The van der Waals surface area contributed by atoms with E-state index >= 15 is 0 Å². The van der Waals surface area contributed by atoms with E-state index < -0.39 is 4.92 Å². The first-order valence-electron chi connectivity index (χ1n) is 9.02. The van der Waals surface area contributed by atoms with Gasteiger partial charge in [-0.2, -0.15) is 0 Å². The standard InChI is InChI=1S/C22H15N3O4S/c26-20(15-6-2-1-3-7-15)14-30-22-23-19-9-5-4-8-18(19)21(27)24(22)16-10-12-17(13-11-16)25(28)29/h1-13H,14H2. The first-order chi connectivity index (χ1) is 14.5. The fraction of sp³-hybridized carbons (Fsp3) is 0.0455. The number of carbonyl (C=O) groups excluding carboxylic acids is 1. The van der Waals surface area contributed by atoms with Gasteiger partial charge in [0.25, 0.3) is 11.2 Å². The van der Waals surface area contributed by atoms with E-state index in [1.54, 1.807) is 48.5 Å². The zero-order valence-corrected chi connectivity index (χ0v) is 16.4. The van der Waals surface area contributed by atoms with Crippen LogP contribution < -0.4 is 5.56 Å². The van der Waals surface area contributed by atoms with Crippen molar-refractivity contribution in [3.05, 3.63) is 105 Å². The van der Waals surface area contributed by atoms with Crippen molar-refractivity contribution in [2.75, 3.05) is 5.75 Å². The molecule has 30 heavy (non-hydrogen) atoms. The van der Waals surface area contributed by atoms with Gasteiger partial charge in [-0.3, -0.25) is 24.3 Å². The molecule has 0 saturated heterocycles. The average molecular weight is 417 g/mol. The number of nitro benzene ring substituents is 1. The summed E-state index contributed by atoms with van der Waals surface area (Å²) in [6, 6.07) is 21.5. The highest BCUT2D eigenvalue weighted by Gasteiger charge is 2.16. The third kappa shape index (κ3) is 3.85. The molecular formula is C22H15N3O4S. The Morgan fingerprint density at radius 2 is 1.63 bits per heavy atom. The van der Waals surface area contributed by atoms with E-state index in [2.05, 4.69) is 4.98 Å². The van der Waals surface area contributed by atoms with Gasteiger partial charge in [0.2, 0.25) is 0 Å². The van der Waals surface area contributed by atoms with Crippen LogP contribution in [-0.4, -0.2) is 26.0 Å². The molecule has 0 aliphatic rings. The zero-order chi connectivity index (χ0) is 21.1. The lowest BCUT2D eigenvalue weighted by molar-refractivity contribution is -0.384. The number of hydrogen-bond donors (Lipinski definition) is 0. The number of carbonyl (C=O) groups is 1. The van der Waals surface area contributed by atoms with Gasteiger partial charge < -0.3 is 0 Å². The largest absolute Gasteiger partial charge is 0.293 e. The summed E-state index contributed by atoms with van der Waals surface area (Å²) in [6.45, 7) is 0. The van der Waals surface area contributed by atoms with Gasteiger partial charge >= 0.3 is 0 Å². The lowest BCUT2D eigenvalue weighted by Crippen LogP contribution is -2.22. The third-order valence-electron chi connectivity index (χ3n) is 4.49. The molecule has 0 atom stereocenters. The number of rotatable bonds is 6. The van der Waals surface area contributed by atoms with Crippen molar-refractivity contribution in [3.8, 4) is 5.69 Å². The molecule has 0 bridgehead atoms. The number of nitro groups is 1. The first-order valence-corrected chi connectivity index (χ1v) is 10.0. The van der Waals surface area contributed by atoms with E-state index in [0.717, 1.165) is 11.8 Å². The topological polar surface area (TPSA) is 95.1 Å². The molecule has 4 aromatic rings. The summed E-state index contributed by atoms with van der Waals surface area (Å²) < 4.78 is 1.38. The van der Waals surface area contributed by atoms with Crippen molar-refractivity contribution >= 4 is 34.1 Å². The maximum absolute atomic E-state index is 13.2. The Kier molecular flexibility index (Phi) is 5.40. The van der Waals surface area contributed by atoms with Gasteiger partial charge in [-0.1, -0.05) is 54.2 Å². The number of non-ortho nitro benzene ring substituents is 1. The minimum absolute atomic E-state index is 0.0750. The lowest BCUT2D eigenvalue weighted by atomic mass is 10.2. The van der Waals surface area contributed by atoms with E-state index in [0.29, 0.717) is 27.3 Å². The fourth-order valence-electron chi connectivity index (χ4n) is 3.00. The number of Topliss-reactive ketones (excluding diaryl/α,β-unsaturated/α-hetero) is 1. The summed E-state index contributed by atoms with van der Waals surface area (Å²) in [5.74, 6) is 0.0140. The van der Waals surface area contributed by atoms with Crippen molar-refractivity contribution in [1.82, 2.24) is 9.55 Å². The first kappa shape index (κ1) is 19.5. The molecule has 0 N–H and O–H groups in total. The number of thioether (sulfide) groups is 1. The summed E-state index contributed by atoms with van der Waals surface area (Å²) in [5, 5.41) is 11.7. The molecule has 0 saturated carbocycles. The van der Waals surface area contributed by atoms with E-state index in [9.17, 15) is 19.7 Å². The van der Waals surface area contributed by atoms with Crippen LogP contribution in [0.3, 0.4) is 0 Å². The molecular weight excluding hydrogens is 402 g/mol. The van der Waals surface area contributed by atoms with Crippen LogP contribution in [0.15, 0.2) is 88.8 Å². The van der Waals surface area contributed by atoms with Crippen LogP contribution >= 0.6 is 11.8 Å². The van der Waals surface area contributed by atoms with Gasteiger partial charge in [0.15, 0.2) is 10.9 Å². The molecule has 8 heteroatoms. The molecule has 0 aliphatic heterocycles. The summed E-state index contributed by atoms with van der Waals surface area (Å²) in [6.07, 6.45) is 0. The van der Waals surface area contributed by atoms with E-state index in [1.165, 1.54) is 28.8 Å². The Labute approximate surface area is 175 Å². The van der Waals surface area contributed by atoms with Crippen LogP contribution in [0.4, 0.5) is 5.69 Å². The summed E-state index contributed by atoms with van der Waals surface area (Å²) in [5.41, 5.74) is 1.17. The van der Waals surface area contributed by atoms with Crippen molar-refractivity contribution in [1.29, 1.82) is 0 Å². The molecule has 0 fully saturated rings. The average Bonchev–Trinajstić information content (AvgIpc) is 2.78. The molecule has 3 aromatic carbocycles. The fourth-order valence-corrected chi connectivity index (χ4v) is 3.90. The van der Waals surface area contributed by atoms with E-state index in [-0.39, 0.29) is 22.8 Å². The van der Waals surface area contributed by atoms with Gasteiger partial charge in [-0.15, -0.1) is 0 Å². The van der Waals surface area contributed by atoms with Gasteiger partial charge in [-0.25, -0.2) is 4.98 Å². The van der Waals surface area contributed by atoms with Crippen LogP contribution in [0, 0.1) is 10.1 Å². The summed E-state index contributed by atoms with van der Waals surface area (Å²) >= 11 is 1.15. The minimum atomic E-state index is -0.501. The highest BCUT2D eigenvalue weighted by Crippen LogP contribution is 2.23. The highest BCUT2D eigenvalue weighted by atomic mass is 32.2. The second kappa shape index (κ2) is 8.30. The molecule has 0 unspecified atom stereocenters. The molecule has 0 radical (unpaired) electrons. The Morgan fingerprint density at radius 1 is 0.967 bits per heavy atom. The van der Waals surface area contributed by atoms with Gasteiger partial charge in [0.05, 0.1) is 27.3 Å². The highest BCUT2D eigenvalue weighted by molar-refractivity contribution is 7.99. The predicted octanol–water partition coefficient (Wildman–Crippen LogP) is 4.27. The van der Waals surface area contributed by atoms with Crippen molar-refractivity contribution in [2.45, 2.75) is 5.16 Å². The minimum Gasteiger partial charge on any atom is -0.293 e. The maximum atomic E-state index is 13.2. The lowest BCUT2D eigenvalue weighted by Gasteiger charge is -2.13. The van der Waals surface area contributed by atoms with Crippen LogP contribution in [0.5, 0.6) is 0 Å². The number of ketones is 1. The van der Waals surface area contributed by atoms with Gasteiger partial charge in [-0.05, 0) is 24.3 Å². The Morgan fingerprint density at radius 3 is 2.33 bits per heavy atom. The SMILES string of the molecule is O=C(CSc1nc2ccccc2c(=O)n1-c1ccc([N+](=O)[O-])cc1)c1ccccc1. The number of hydrogen-bond acceptors (Lipinski definition) is 6. The molecule has 0 amide bonds. The number of benzene rings is 3. The Bertz CT molecular complexity index is 1300. The quantitative estimate of drug-likeness (QED) is 0.153. The van der Waals surface area contributed by atoms with Crippen LogP contribution in [0.1, 0.15) is 10.4 Å². The van der Waals surface area contributed by atoms with Gasteiger partial charge in [0.1, 0.15) is 0 Å². The molecule has 1 heterocycles. The zero-order valence-electron chi connectivity index (χ0n) is 15.6. The molecule has 7 nitrogen and oxygen atoms in total. The van der Waals surface area contributed by atoms with Gasteiger partial charge in [0, 0.05) is 17.7 Å². The molecule has 148 valence electrons. The normalized spacial score (nSPS) is 10.8. The third-order valence-corrected chi connectivity index (χ3v) is 5.43.